The lowest BCUT2D eigenvalue weighted by molar-refractivity contribution is -0.138. The average Bonchev–Trinajstić information content (AvgIpc) is 2.72. The maximum Gasteiger partial charge on any atom is 0.416 e. The van der Waals surface area contributed by atoms with Crippen LogP contribution in [-0.4, -0.2) is 49.5 Å². The first kappa shape index (κ1) is 22.2. The Hall–Kier alpha value is -2.54. The van der Waals surface area contributed by atoms with E-state index >= 15 is 0 Å². The fourth-order valence-electron chi connectivity index (χ4n) is 3.91. The lowest BCUT2D eigenvalue weighted by Crippen LogP contribution is -2.47. The number of piperidine rings is 1. The molecule has 0 bridgehead atoms. The summed E-state index contributed by atoms with van der Waals surface area (Å²) in [6.07, 6.45) is -3.75. The van der Waals surface area contributed by atoms with E-state index in [1.54, 1.807) is 19.0 Å². The number of halogens is 3. The fourth-order valence-corrected chi connectivity index (χ4v) is 3.91. The summed E-state index contributed by atoms with van der Waals surface area (Å²) in [5.41, 5.74) is 0.433. The number of alkyl halides is 3. The third-order valence-electron chi connectivity index (χ3n) is 5.30. The number of carbonyl (C=O) groups excluding carboxylic acids is 1. The summed E-state index contributed by atoms with van der Waals surface area (Å²) in [5, 5.41) is 0. The van der Waals surface area contributed by atoms with E-state index in [0.29, 0.717) is 13.0 Å². The Bertz CT molecular complexity index is 840. The van der Waals surface area contributed by atoms with Gasteiger partial charge in [0.1, 0.15) is 5.75 Å². The van der Waals surface area contributed by atoms with Crippen LogP contribution in [0.15, 0.2) is 54.6 Å². The van der Waals surface area contributed by atoms with E-state index in [2.05, 4.69) is 4.90 Å². The highest BCUT2D eigenvalue weighted by molar-refractivity contribution is 5.78. The number of carbonyl (C=O) groups is 1. The van der Waals surface area contributed by atoms with Crippen molar-refractivity contribution < 1.29 is 22.7 Å². The van der Waals surface area contributed by atoms with Crippen molar-refractivity contribution in [3.63, 3.8) is 0 Å². The van der Waals surface area contributed by atoms with E-state index in [4.69, 9.17) is 4.74 Å². The van der Waals surface area contributed by atoms with Gasteiger partial charge in [-0.1, -0.05) is 36.4 Å². The van der Waals surface area contributed by atoms with Crippen molar-refractivity contribution in [1.82, 2.24) is 9.80 Å². The van der Waals surface area contributed by atoms with Crippen molar-refractivity contribution in [3.05, 3.63) is 65.7 Å². The molecule has 0 aliphatic carbocycles. The Morgan fingerprint density at radius 1 is 1.10 bits per heavy atom. The Labute approximate surface area is 175 Å². The van der Waals surface area contributed by atoms with E-state index in [-0.39, 0.29) is 30.1 Å². The lowest BCUT2D eigenvalue weighted by Gasteiger charge is -2.38. The van der Waals surface area contributed by atoms with Gasteiger partial charge in [0.2, 0.25) is 5.91 Å². The topological polar surface area (TPSA) is 32.8 Å². The van der Waals surface area contributed by atoms with E-state index in [1.165, 1.54) is 12.1 Å². The molecule has 0 N–H and O–H groups in total. The van der Waals surface area contributed by atoms with Crippen LogP contribution < -0.4 is 4.74 Å². The van der Waals surface area contributed by atoms with Gasteiger partial charge in [-0.2, -0.15) is 13.2 Å². The zero-order valence-corrected chi connectivity index (χ0v) is 17.2. The molecule has 0 radical (unpaired) electrons. The molecule has 1 aliphatic rings. The van der Waals surface area contributed by atoms with Gasteiger partial charge in [-0.3, -0.25) is 9.69 Å². The first-order chi connectivity index (χ1) is 14.2. The monoisotopic (exact) mass is 420 g/mol. The number of likely N-dealkylation sites (tertiary alicyclic amines) is 1. The summed E-state index contributed by atoms with van der Waals surface area (Å²) in [6.45, 7) is 2.37. The van der Waals surface area contributed by atoms with E-state index in [0.717, 1.165) is 30.8 Å². The molecule has 2 atom stereocenters. The van der Waals surface area contributed by atoms with Crippen LogP contribution in [0.5, 0.6) is 5.75 Å². The van der Waals surface area contributed by atoms with Crippen molar-refractivity contribution >= 4 is 5.91 Å². The summed E-state index contributed by atoms with van der Waals surface area (Å²) in [4.78, 5) is 16.4. The van der Waals surface area contributed by atoms with Crippen molar-refractivity contribution in [1.29, 1.82) is 0 Å². The Morgan fingerprint density at radius 3 is 2.50 bits per heavy atom. The minimum absolute atomic E-state index is 0.0471. The normalized spacial score (nSPS) is 20.0. The molecule has 0 unspecified atom stereocenters. The number of rotatable bonds is 6. The number of hydrogen-bond donors (Lipinski definition) is 0. The zero-order chi connectivity index (χ0) is 21.7. The maximum atomic E-state index is 12.9. The van der Waals surface area contributed by atoms with E-state index in [9.17, 15) is 18.0 Å². The molecule has 0 spiro atoms. The number of ether oxygens (including phenoxy) is 1. The van der Waals surface area contributed by atoms with Crippen molar-refractivity contribution in [2.45, 2.75) is 19.1 Å². The third-order valence-corrected chi connectivity index (χ3v) is 5.30. The second-order valence-electron chi connectivity index (χ2n) is 8.05. The molecule has 1 fully saturated rings. The van der Waals surface area contributed by atoms with Crippen molar-refractivity contribution in [2.24, 2.45) is 11.8 Å². The molecule has 2 aromatic carbocycles. The van der Waals surface area contributed by atoms with Crippen molar-refractivity contribution in [2.75, 3.05) is 33.8 Å². The van der Waals surface area contributed by atoms with Crippen LogP contribution in [0.2, 0.25) is 0 Å². The number of amides is 1. The Morgan fingerprint density at radius 2 is 1.83 bits per heavy atom. The van der Waals surface area contributed by atoms with Crippen LogP contribution in [0, 0.1) is 11.8 Å². The molecule has 1 heterocycles. The first-order valence-electron chi connectivity index (χ1n) is 10.00. The standard InChI is InChI=1S/C23H27F3N2O2/c1-27(2)22(29)19-11-18(14-28(15-19)13-17-7-4-3-5-8-17)16-30-21-10-6-9-20(12-21)23(24,25)26/h3-10,12,18-19H,11,13-16H2,1-2H3/t18-,19+/m0/s1. The van der Waals surface area contributed by atoms with E-state index in [1.807, 2.05) is 30.3 Å². The second-order valence-corrected chi connectivity index (χ2v) is 8.05. The molecule has 2 aromatic rings. The molecular weight excluding hydrogens is 393 g/mol. The van der Waals surface area contributed by atoms with Crippen LogP contribution in [0.4, 0.5) is 13.2 Å². The minimum Gasteiger partial charge on any atom is -0.493 e. The molecule has 4 nitrogen and oxygen atoms in total. The van der Waals surface area contributed by atoms with Gasteiger partial charge < -0.3 is 9.64 Å². The van der Waals surface area contributed by atoms with Gasteiger partial charge in [-0.05, 0) is 30.2 Å². The largest absolute Gasteiger partial charge is 0.493 e. The summed E-state index contributed by atoms with van der Waals surface area (Å²) < 4.78 is 44.5. The van der Waals surface area contributed by atoms with Gasteiger partial charge in [0.05, 0.1) is 18.1 Å². The van der Waals surface area contributed by atoms with Crippen LogP contribution in [-0.2, 0) is 17.5 Å². The molecular formula is C23H27F3N2O2. The van der Waals surface area contributed by atoms with Gasteiger partial charge in [0.15, 0.2) is 0 Å². The van der Waals surface area contributed by atoms with Gasteiger partial charge in [0, 0.05) is 39.6 Å². The quantitative estimate of drug-likeness (QED) is 0.698. The minimum atomic E-state index is -4.40. The predicted molar refractivity (Wildman–Crippen MR) is 109 cm³/mol. The average molecular weight is 420 g/mol. The fraction of sp³-hybridized carbons (Fsp3) is 0.435. The van der Waals surface area contributed by atoms with Gasteiger partial charge >= 0.3 is 6.18 Å². The summed E-state index contributed by atoms with van der Waals surface area (Å²) in [5.74, 6) is 0.149. The molecule has 0 aromatic heterocycles. The van der Waals surface area contributed by atoms with Gasteiger partial charge in [0.25, 0.3) is 0 Å². The SMILES string of the molecule is CN(C)C(=O)[C@@H]1C[C@H](COc2cccc(C(F)(F)F)c2)CN(Cc2ccccc2)C1. The smallest absolute Gasteiger partial charge is 0.416 e. The lowest BCUT2D eigenvalue weighted by atomic mass is 9.88. The third kappa shape index (κ3) is 5.98. The number of hydrogen-bond acceptors (Lipinski definition) is 3. The van der Waals surface area contributed by atoms with Crippen LogP contribution >= 0.6 is 0 Å². The zero-order valence-electron chi connectivity index (χ0n) is 17.2. The molecule has 0 saturated carbocycles. The highest BCUT2D eigenvalue weighted by Crippen LogP contribution is 2.32. The predicted octanol–water partition coefficient (Wildman–Crippen LogP) is 4.31. The summed E-state index contributed by atoms with van der Waals surface area (Å²) >= 11 is 0. The number of nitrogens with zero attached hydrogens (tertiary/aromatic N) is 2. The maximum absolute atomic E-state index is 12.9. The first-order valence-corrected chi connectivity index (χ1v) is 10.00. The van der Waals surface area contributed by atoms with Gasteiger partial charge in [-0.25, -0.2) is 0 Å². The molecule has 30 heavy (non-hydrogen) atoms. The van der Waals surface area contributed by atoms with Crippen LogP contribution in [0.25, 0.3) is 0 Å². The second kappa shape index (κ2) is 9.51. The Kier molecular flexibility index (Phi) is 7.02. The summed E-state index contributed by atoms with van der Waals surface area (Å²) in [7, 11) is 3.49. The highest BCUT2D eigenvalue weighted by Gasteiger charge is 2.33. The molecule has 3 rings (SSSR count). The van der Waals surface area contributed by atoms with Gasteiger partial charge in [-0.15, -0.1) is 0 Å². The van der Waals surface area contributed by atoms with Crippen LogP contribution in [0.3, 0.4) is 0 Å². The molecule has 1 aliphatic heterocycles. The molecule has 1 saturated heterocycles. The number of benzene rings is 2. The van der Waals surface area contributed by atoms with Crippen molar-refractivity contribution in [3.8, 4) is 5.75 Å². The highest BCUT2D eigenvalue weighted by atomic mass is 19.4. The van der Waals surface area contributed by atoms with E-state index < -0.39 is 11.7 Å². The molecule has 7 heteroatoms. The molecule has 1 amide bonds. The van der Waals surface area contributed by atoms with Crippen LogP contribution in [0.1, 0.15) is 17.5 Å². The molecule has 162 valence electrons. The summed E-state index contributed by atoms with van der Waals surface area (Å²) in [6, 6.07) is 14.9. The Balaban J connectivity index is 1.68.